The Morgan fingerprint density at radius 1 is 1.12 bits per heavy atom. The molecule has 2 atom stereocenters. The lowest BCUT2D eigenvalue weighted by Gasteiger charge is -2.20. The topological polar surface area (TPSA) is 100 Å². The van der Waals surface area contributed by atoms with E-state index in [2.05, 4.69) is 0 Å². The number of furan rings is 1. The van der Waals surface area contributed by atoms with Gasteiger partial charge in [0, 0.05) is 12.0 Å². The van der Waals surface area contributed by atoms with Gasteiger partial charge in [0.2, 0.25) is 0 Å². The molecule has 180 valence electrons. The molecule has 3 rings (SSSR count). The summed E-state index contributed by atoms with van der Waals surface area (Å²) in [6.07, 6.45) is 2.06. The van der Waals surface area contributed by atoms with Crippen molar-refractivity contribution in [3.8, 4) is 16.9 Å². The summed E-state index contributed by atoms with van der Waals surface area (Å²) in [6, 6.07) is 13.5. The van der Waals surface area contributed by atoms with Crippen LogP contribution in [0, 0.1) is 5.82 Å². The lowest BCUT2D eigenvalue weighted by molar-refractivity contribution is -0.139. The van der Waals surface area contributed by atoms with Crippen LogP contribution in [0.2, 0.25) is 0 Å². The zero-order valence-corrected chi connectivity index (χ0v) is 19.1. The van der Waals surface area contributed by atoms with Crippen molar-refractivity contribution in [2.45, 2.75) is 51.4 Å². The first-order chi connectivity index (χ1) is 16.2. The smallest absolute Gasteiger partial charge is 0.305 e. The van der Waals surface area contributed by atoms with Crippen LogP contribution in [0.3, 0.4) is 0 Å². The van der Waals surface area contributed by atoms with Crippen LogP contribution in [0.25, 0.3) is 17.2 Å². The molecule has 34 heavy (non-hydrogen) atoms. The maximum absolute atomic E-state index is 13.7. The Morgan fingerprint density at radius 3 is 2.47 bits per heavy atom. The van der Waals surface area contributed by atoms with Gasteiger partial charge in [-0.2, -0.15) is 0 Å². The van der Waals surface area contributed by atoms with Crippen molar-refractivity contribution in [2.24, 2.45) is 0 Å². The van der Waals surface area contributed by atoms with Crippen LogP contribution in [-0.4, -0.2) is 33.5 Å². The van der Waals surface area contributed by atoms with E-state index in [4.69, 9.17) is 14.3 Å². The second-order valence-corrected chi connectivity index (χ2v) is 8.39. The van der Waals surface area contributed by atoms with Crippen molar-refractivity contribution in [2.75, 3.05) is 0 Å². The van der Waals surface area contributed by atoms with Gasteiger partial charge in [0.1, 0.15) is 23.9 Å². The highest BCUT2D eigenvalue weighted by atomic mass is 19.1. The summed E-state index contributed by atoms with van der Waals surface area (Å²) in [6.45, 7) is 4.28. The maximum Gasteiger partial charge on any atom is 0.305 e. The number of aliphatic hydroxyl groups is 2. The molecule has 0 fully saturated rings. The first-order valence-corrected chi connectivity index (χ1v) is 11.1. The van der Waals surface area contributed by atoms with Crippen molar-refractivity contribution in [3.63, 3.8) is 0 Å². The van der Waals surface area contributed by atoms with Crippen molar-refractivity contribution in [1.29, 1.82) is 0 Å². The fraction of sp³-hybridized carbons (Fsp3) is 0.296. The second kappa shape index (κ2) is 11.6. The molecule has 0 aliphatic rings. The van der Waals surface area contributed by atoms with Crippen molar-refractivity contribution in [3.05, 3.63) is 83.6 Å². The molecule has 6 nitrogen and oxygen atoms in total. The normalized spacial score (nSPS) is 13.4. The third kappa shape index (κ3) is 6.79. The van der Waals surface area contributed by atoms with Gasteiger partial charge in [0.05, 0.1) is 24.9 Å². The minimum Gasteiger partial charge on any atom is -0.485 e. The lowest BCUT2D eigenvalue weighted by Crippen LogP contribution is -2.19. The summed E-state index contributed by atoms with van der Waals surface area (Å²) >= 11 is 0. The van der Waals surface area contributed by atoms with Gasteiger partial charge >= 0.3 is 5.97 Å². The minimum atomic E-state index is -1.17. The zero-order valence-electron chi connectivity index (χ0n) is 19.1. The highest BCUT2D eigenvalue weighted by Crippen LogP contribution is 2.39. The standard InChI is InChI=1S/C27H29FO6/c1-17(2)23-11-12-25(34-16-22-4-3-13-33-22)27(18-5-7-19(28)8-6-18)24(23)10-9-20(29)14-21(30)15-26(31)32/h3-13,17,20-21,29-30H,14-16H2,1-2H3,(H,31,32)/b10-9+. The third-order valence-corrected chi connectivity index (χ3v) is 5.35. The lowest BCUT2D eigenvalue weighted by atomic mass is 9.88. The number of carboxylic acids is 1. The summed E-state index contributed by atoms with van der Waals surface area (Å²) in [7, 11) is 0. The van der Waals surface area contributed by atoms with Gasteiger partial charge in [0.25, 0.3) is 0 Å². The van der Waals surface area contributed by atoms with Gasteiger partial charge in [-0.1, -0.05) is 44.2 Å². The Bertz CT molecular complexity index is 1100. The van der Waals surface area contributed by atoms with E-state index < -0.39 is 24.6 Å². The number of hydrogen-bond acceptors (Lipinski definition) is 5. The molecule has 1 heterocycles. The summed E-state index contributed by atoms with van der Waals surface area (Å²) < 4.78 is 25.1. The molecular weight excluding hydrogens is 439 g/mol. The van der Waals surface area contributed by atoms with E-state index >= 15 is 0 Å². The molecule has 0 aliphatic heterocycles. The van der Waals surface area contributed by atoms with E-state index in [0.29, 0.717) is 11.5 Å². The van der Waals surface area contributed by atoms with Gasteiger partial charge < -0.3 is 24.5 Å². The van der Waals surface area contributed by atoms with Gasteiger partial charge in [-0.15, -0.1) is 0 Å². The molecule has 0 aliphatic carbocycles. The van der Waals surface area contributed by atoms with Crippen LogP contribution in [0.15, 0.2) is 65.3 Å². The molecule has 3 N–H and O–H groups in total. The quantitative estimate of drug-likeness (QED) is 0.349. The average molecular weight is 469 g/mol. The Balaban J connectivity index is 2.02. The average Bonchev–Trinajstić information content (AvgIpc) is 3.29. The van der Waals surface area contributed by atoms with Crippen LogP contribution in [0.5, 0.6) is 5.75 Å². The predicted octanol–water partition coefficient (Wildman–Crippen LogP) is 5.39. The third-order valence-electron chi connectivity index (χ3n) is 5.35. The molecule has 1 aromatic heterocycles. The molecule has 0 saturated carbocycles. The van der Waals surface area contributed by atoms with E-state index in [1.807, 2.05) is 26.0 Å². The molecule has 2 aromatic carbocycles. The van der Waals surface area contributed by atoms with Crippen LogP contribution in [0.1, 0.15) is 49.5 Å². The van der Waals surface area contributed by atoms with E-state index in [1.165, 1.54) is 18.2 Å². The summed E-state index contributed by atoms with van der Waals surface area (Å²) in [5, 5.41) is 29.1. The van der Waals surface area contributed by atoms with Gasteiger partial charge in [-0.3, -0.25) is 4.79 Å². The Morgan fingerprint density at radius 2 is 1.85 bits per heavy atom. The highest BCUT2D eigenvalue weighted by molar-refractivity contribution is 5.82. The molecule has 0 saturated heterocycles. The number of rotatable bonds is 11. The zero-order chi connectivity index (χ0) is 24.7. The fourth-order valence-electron chi connectivity index (χ4n) is 3.73. The first kappa shape index (κ1) is 25.2. The largest absolute Gasteiger partial charge is 0.485 e. The van der Waals surface area contributed by atoms with E-state index in [1.54, 1.807) is 36.6 Å². The molecule has 0 amide bonds. The van der Waals surface area contributed by atoms with Crippen LogP contribution in [-0.2, 0) is 11.4 Å². The van der Waals surface area contributed by atoms with Gasteiger partial charge in [0.15, 0.2) is 0 Å². The van der Waals surface area contributed by atoms with E-state index in [0.717, 1.165) is 22.3 Å². The number of carboxylic acid groups (broad SMARTS) is 1. The van der Waals surface area contributed by atoms with Gasteiger partial charge in [-0.25, -0.2) is 4.39 Å². The number of aliphatic carboxylic acids is 1. The number of ether oxygens (including phenoxy) is 1. The van der Waals surface area contributed by atoms with Gasteiger partial charge in [-0.05, 0) is 52.9 Å². The van der Waals surface area contributed by atoms with E-state index in [-0.39, 0.29) is 24.8 Å². The Kier molecular flexibility index (Phi) is 8.62. The SMILES string of the molecule is CC(C)c1ccc(OCc2ccco2)c(-c2ccc(F)cc2)c1/C=C/C(O)CC(O)CC(=O)O. The van der Waals surface area contributed by atoms with Crippen LogP contribution < -0.4 is 4.74 Å². The summed E-state index contributed by atoms with van der Waals surface area (Å²) in [5.41, 5.74) is 3.23. The van der Waals surface area contributed by atoms with Crippen molar-refractivity contribution >= 4 is 12.0 Å². The first-order valence-electron chi connectivity index (χ1n) is 11.1. The highest BCUT2D eigenvalue weighted by Gasteiger charge is 2.18. The Hall–Kier alpha value is -3.42. The predicted molar refractivity (Wildman–Crippen MR) is 127 cm³/mol. The second-order valence-electron chi connectivity index (χ2n) is 8.39. The number of benzene rings is 2. The number of aliphatic hydroxyl groups excluding tert-OH is 2. The maximum atomic E-state index is 13.7. The fourth-order valence-corrected chi connectivity index (χ4v) is 3.73. The number of hydrogen-bond donors (Lipinski definition) is 3. The minimum absolute atomic E-state index is 0.111. The number of halogens is 1. The monoisotopic (exact) mass is 468 g/mol. The van der Waals surface area contributed by atoms with Crippen molar-refractivity contribution < 1.29 is 33.7 Å². The molecular formula is C27H29FO6. The van der Waals surface area contributed by atoms with Crippen LogP contribution >= 0.6 is 0 Å². The van der Waals surface area contributed by atoms with Crippen LogP contribution in [0.4, 0.5) is 4.39 Å². The molecule has 2 unspecified atom stereocenters. The Labute approximate surface area is 197 Å². The molecule has 0 bridgehead atoms. The molecule has 7 heteroatoms. The molecule has 3 aromatic rings. The number of carbonyl (C=O) groups is 1. The molecule has 0 spiro atoms. The van der Waals surface area contributed by atoms with E-state index in [9.17, 15) is 19.4 Å². The summed E-state index contributed by atoms with van der Waals surface area (Å²) in [5.74, 6) is -0.148. The summed E-state index contributed by atoms with van der Waals surface area (Å²) in [4.78, 5) is 10.8. The van der Waals surface area contributed by atoms with Crippen molar-refractivity contribution in [1.82, 2.24) is 0 Å². The molecule has 0 radical (unpaired) electrons.